The van der Waals surface area contributed by atoms with Crippen molar-refractivity contribution in [2.24, 2.45) is 0 Å². The molecule has 2 aromatic heterocycles. The molecular formula is C13H8BrN3O. The van der Waals surface area contributed by atoms with Crippen molar-refractivity contribution >= 4 is 32.9 Å². The molecule has 0 fully saturated rings. The lowest BCUT2D eigenvalue weighted by atomic mass is 10.1. The number of aromatic nitrogens is 3. The van der Waals surface area contributed by atoms with Gasteiger partial charge in [0.1, 0.15) is 0 Å². The first-order valence-corrected chi connectivity index (χ1v) is 6.14. The van der Waals surface area contributed by atoms with E-state index in [9.17, 15) is 4.79 Å². The van der Waals surface area contributed by atoms with Gasteiger partial charge in [-0.25, -0.2) is 9.97 Å². The zero-order chi connectivity index (χ0) is 12.5. The summed E-state index contributed by atoms with van der Waals surface area (Å²) in [6.45, 7) is 0. The minimum Gasteiger partial charge on any atom is -0.334 e. The van der Waals surface area contributed by atoms with Crippen molar-refractivity contribution in [1.82, 2.24) is 15.0 Å². The molecule has 0 spiro atoms. The molecule has 0 aliphatic carbocycles. The van der Waals surface area contributed by atoms with E-state index in [-0.39, 0.29) is 5.78 Å². The van der Waals surface area contributed by atoms with Crippen LogP contribution in [-0.4, -0.2) is 20.7 Å². The molecule has 0 bridgehead atoms. The largest absolute Gasteiger partial charge is 0.334 e. The van der Waals surface area contributed by atoms with Gasteiger partial charge in [-0.2, -0.15) is 0 Å². The summed E-state index contributed by atoms with van der Waals surface area (Å²) in [6.07, 6.45) is 1.65. The first-order chi connectivity index (χ1) is 8.74. The van der Waals surface area contributed by atoms with Crippen molar-refractivity contribution in [2.75, 3.05) is 0 Å². The first kappa shape index (κ1) is 11.1. The summed E-state index contributed by atoms with van der Waals surface area (Å²) in [7, 11) is 0. The average Bonchev–Trinajstić information content (AvgIpc) is 2.81. The minimum atomic E-state index is -0.135. The number of hydrogen-bond acceptors (Lipinski definition) is 3. The van der Waals surface area contributed by atoms with Crippen molar-refractivity contribution < 1.29 is 4.79 Å². The van der Waals surface area contributed by atoms with Gasteiger partial charge in [0.05, 0.1) is 5.52 Å². The van der Waals surface area contributed by atoms with Crippen molar-refractivity contribution in [3.63, 3.8) is 0 Å². The van der Waals surface area contributed by atoms with Crippen molar-refractivity contribution in [3.05, 3.63) is 58.5 Å². The lowest BCUT2D eigenvalue weighted by molar-refractivity contribution is 0.103. The van der Waals surface area contributed by atoms with Gasteiger partial charge in [-0.3, -0.25) is 4.79 Å². The van der Waals surface area contributed by atoms with Crippen LogP contribution < -0.4 is 0 Å². The Morgan fingerprint density at radius 2 is 2.00 bits per heavy atom. The summed E-state index contributed by atoms with van der Waals surface area (Å²) >= 11 is 3.33. The predicted molar refractivity (Wildman–Crippen MR) is 71.5 cm³/mol. The van der Waals surface area contributed by atoms with E-state index in [1.165, 1.54) is 0 Å². The molecule has 5 heteroatoms. The van der Waals surface area contributed by atoms with Gasteiger partial charge in [-0.1, -0.05) is 30.3 Å². The van der Waals surface area contributed by atoms with Crippen LogP contribution in [0.4, 0.5) is 0 Å². The number of fused-ring (bicyclic) bond motifs is 1. The molecule has 88 valence electrons. The van der Waals surface area contributed by atoms with E-state index in [0.29, 0.717) is 17.0 Å². The maximum Gasteiger partial charge on any atom is 0.228 e. The smallest absolute Gasteiger partial charge is 0.228 e. The van der Waals surface area contributed by atoms with Gasteiger partial charge < -0.3 is 4.98 Å². The maximum absolute atomic E-state index is 12.2. The number of halogens is 1. The third-order valence-corrected chi connectivity index (χ3v) is 2.99. The molecule has 0 atom stereocenters. The molecule has 3 aromatic rings. The fourth-order valence-corrected chi connectivity index (χ4v) is 2.04. The quantitative estimate of drug-likeness (QED) is 0.740. The number of hydrogen-bond donors (Lipinski definition) is 1. The number of carbonyl (C=O) groups is 1. The van der Waals surface area contributed by atoms with E-state index >= 15 is 0 Å². The second kappa shape index (κ2) is 4.34. The molecule has 4 nitrogen and oxygen atoms in total. The van der Waals surface area contributed by atoms with Gasteiger partial charge in [0, 0.05) is 16.2 Å². The highest BCUT2D eigenvalue weighted by atomic mass is 79.9. The van der Waals surface area contributed by atoms with Gasteiger partial charge in [-0.05, 0) is 22.0 Å². The topological polar surface area (TPSA) is 58.6 Å². The van der Waals surface area contributed by atoms with Crippen LogP contribution in [0.2, 0.25) is 0 Å². The second-order valence-electron chi connectivity index (χ2n) is 3.81. The van der Waals surface area contributed by atoms with Crippen LogP contribution in [0.1, 0.15) is 16.2 Å². The van der Waals surface area contributed by atoms with Gasteiger partial charge in [-0.15, -0.1) is 0 Å². The first-order valence-electron chi connectivity index (χ1n) is 5.35. The summed E-state index contributed by atoms with van der Waals surface area (Å²) in [4.78, 5) is 23.5. The molecule has 0 radical (unpaired) electrons. The summed E-state index contributed by atoms with van der Waals surface area (Å²) < 4.78 is 0.845. The van der Waals surface area contributed by atoms with E-state index < -0.39 is 0 Å². The van der Waals surface area contributed by atoms with Crippen LogP contribution in [0.5, 0.6) is 0 Å². The lowest BCUT2D eigenvalue weighted by Gasteiger charge is -1.95. The van der Waals surface area contributed by atoms with Crippen LogP contribution in [0.15, 0.2) is 47.1 Å². The van der Waals surface area contributed by atoms with Gasteiger partial charge >= 0.3 is 0 Å². The average molecular weight is 302 g/mol. The molecule has 3 rings (SSSR count). The number of rotatable bonds is 2. The Morgan fingerprint density at radius 3 is 2.78 bits per heavy atom. The summed E-state index contributed by atoms with van der Waals surface area (Å²) in [5, 5.41) is 0. The molecule has 2 heterocycles. The standard InChI is InChI=1S/C13H8BrN3O/c14-9-6-10-12(15-7-9)17-13(16-10)11(18)8-4-2-1-3-5-8/h1-7H,(H,15,16,17). The number of benzene rings is 1. The van der Waals surface area contributed by atoms with E-state index in [4.69, 9.17) is 0 Å². The molecular weight excluding hydrogens is 294 g/mol. The Hall–Kier alpha value is -2.01. The van der Waals surface area contributed by atoms with Crippen LogP contribution in [-0.2, 0) is 0 Å². The van der Waals surface area contributed by atoms with Crippen molar-refractivity contribution in [2.45, 2.75) is 0 Å². The van der Waals surface area contributed by atoms with E-state index in [2.05, 4.69) is 30.9 Å². The molecule has 18 heavy (non-hydrogen) atoms. The normalized spacial score (nSPS) is 10.7. The second-order valence-corrected chi connectivity index (χ2v) is 4.72. The van der Waals surface area contributed by atoms with Crippen LogP contribution in [0.25, 0.3) is 11.2 Å². The monoisotopic (exact) mass is 301 g/mol. The highest BCUT2D eigenvalue weighted by Gasteiger charge is 2.13. The van der Waals surface area contributed by atoms with E-state index in [0.717, 1.165) is 9.99 Å². The highest BCUT2D eigenvalue weighted by molar-refractivity contribution is 9.10. The van der Waals surface area contributed by atoms with Crippen LogP contribution >= 0.6 is 15.9 Å². The van der Waals surface area contributed by atoms with Gasteiger partial charge in [0.25, 0.3) is 0 Å². The van der Waals surface area contributed by atoms with E-state index in [1.54, 1.807) is 18.3 Å². The third kappa shape index (κ3) is 1.93. The third-order valence-electron chi connectivity index (χ3n) is 2.56. The Kier molecular flexibility index (Phi) is 2.68. The molecule has 1 N–H and O–H groups in total. The summed E-state index contributed by atoms with van der Waals surface area (Å²) in [5.74, 6) is 0.173. The van der Waals surface area contributed by atoms with Gasteiger partial charge in [0.2, 0.25) is 5.78 Å². The Labute approximate surface area is 111 Å². The van der Waals surface area contributed by atoms with Gasteiger partial charge in [0.15, 0.2) is 11.5 Å². The molecule has 0 unspecified atom stereocenters. The Morgan fingerprint density at radius 1 is 1.22 bits per heavy atom. The van der Waals surface area contributed by atoms with E-state index in [1.807, 2.05) is 24.3 Å². The molecule has 1 aromatic carbocycles. The predicted octanol–water partition coefficient (Wildman–Crippen LogP) is 2.95. The minimum absolute atomic E-state index is 0.135. The molecule has 0 aliphatic rings. The number of H-pyrrole nitrogens is 1. The van der Waals surface area contributed by atoms with Crippen LogP contribution in [0.3, 0.4) is 0 Å². The number of carbonyl (C=O) groups excluding carboxylic acids is 1. The van der Waals surface area contributed by atoms with Crippen molar-refractivity contribution in [1.29, 1.82) is 0 Å². The molecule has 0 aliphatic heterocycles. The number of pyridine rings is 1. The Bertz CT molecular complexity index is 721. The molecule has 0 amide bonds. The number of nitrogens with one attached hydrogen (secondary N) is 1. The number of ketones is 1. The lowest BCUT2D eigenvalue weighted by Crippen LogP contribution is -2.02. The molecule has 0 saturated carbocycles. The fourth-order valence-electron chi connectivity index (χ4n) is 1.71. The highest BCUT2D eigenvalue weighted by Crippen LogP contribution is 2.16. The zero-order valence-corrected chi connectivity index (χ0v) is 10.8. The summed E-state index contributed by atoms with van der Waals surface area (Å²) in [5.41, 5.74) is 1.89. The number of nitrogens with zero attached hydrogens (tertiary/aromatic N) is 2. The fraction of sp³-hybridized carbons (Fsp3) is 0. The number of imidazole rings is 1. The van der Waals surface area contributed by atoms with Crippen LogP contribution in [0, 0.1) is 0 Å². The SMILES string of the molecule is O=C(c1ccccc1)c1nc2ncc(Br)cc2[nH]1. The maximum atomic E-state index is 12.2. The summed E-state index contributed by atoms with van der Waals surface area (Å²) in [6, 6.07) is 10.9. The van der Waals surface area contributed by atoms with Crippen molar-refractivity contribution in [3.8, 4) is 0 Å². The molecule has 0 saturated heterocycles. The number of aromatic amines is 1. The zero-order valence-electron chi connectivity index (χ0n) is 9.22. The Balaban J connectivity index is 2.07.